The van der Waals surface area contributed by atoms with Crippen molar-refractivity contribution in [2.45, 2.75) is 9.79 Å². The molecule has 10 nitrogen and oxygen atoms in total. The van der Waals surface area contributed by atoms with E-state index >= 15 is 0 Å². The number of benzene rings is 2. The third kappa shape index (κ3) is 4.56. The Hall–Kier alpha value is -3.48. The lowest BCUT2D eigenvalue weighted by Gasteiger charge is -2.13. The lowest BCUT2D eigenvalue weighted by molar-refractivity contribution is 0.587. The Balaban J connectivity index is 1.67. The summed E-state index contributed by atoms with van der Waals surface area (Å²) in [5, 5.41) is 7.14. The van der Waals surface area contributed by atoms with Crippen LogP contribution in [0.2, 0.25) is 0 Å². The van der Waals surface area contributed by atoms with Gasteiger partial charge in [-0.1, -0.05) is 6.07 Å². The molecule has 0 fully saturated rings. The van der Waals surface area contributed by atoms with E-state index in [4.69, 9.17) is 0 Å². The fraction of sp³-hybridized carbons (Fsp3) is 0.100. The molecule has 0 aliphatic carbocycles. The van der Waals surface area contributed by atoms with Crippen molar-refractivity contribution in [1.29, 1.82) is 0 Å². The summed E-state index contributed by atoms with van der Waals surface area (Å²) in [5.74, 6) is 0.751. The van der Waals surface area contributed by atoms with Crippen LogP contribution >= 0.6 is 0 Å². The van der Waals surface area contributed by atoms with E-state index in [0.29, 0.717) is 5.82 Å². The van der Waals surface area contributed by atoms with Crippen molar-refractivity contribution < 1.29 is 16.8 Å². The van der Waals surface area contributed by atoms with Gasteiger partial charge in [0, 0.05) is 29.7 Å². The molecule has 4 N–H and O–H groups in total. The van der Waals surface area contributed by atoms with Gasteiger partial charge < -0.3 is 15.6 Å². The highest BCUT2D eigenvalue weighted by atomic mass is 32.2. The Morgan fingerprint density at radius 3 is 2.34 bits per heavy atom. The summed E-state index contributed by atoms with van der Waals surface area (Å²) in [5.41, 5.74) is 1.84. The van der Waals surface area contributed by atoms with Crippen LogP contribution in [0, 0.1) is 0 Å². The molecule has 0 spiro atoms. The lowest BCUT2D eigenvalue weighted by Crippen LogP contribution is -2.19. The molecule has 2 aromatic carbocycles. The van der Waals surface area contributed by atoms with E-state index in [1.807, 2.05) is 30.5 Å². The van der Waals surface area contributed by atoms with Crippen LogP contribution in [0.4, 0.5) is 23.0 Å². The number of aromatic amines is 1. The van der Waals surface area contributed by atoms with Gasteiger partial charge >= 0.3 is 0 Å². The number of hydrogen-bond donors (Lipinski definition) is 4. The normalized spacial score (nSPS) is 12.1. The highest BCUT2D eigenvalue weighted by molar-refractivity contribution is 7.91. The molecule has 0 unspecified atom stereocenters. The predicted octanol–water partition coefficient (Wildman–Crippen LogP) is 2.76. The minimum atomic E-state index is -3.77. The summed E-state index contributed by atoms with van der Waals surface area (Å²) in [4.78, 5) is 11.3. The molecule has 0 radical (unpaired) electrons. The van der Waals surface area contributed by atoms with Gasteiger partial charge in [0.1, 0.15) is 18.0 Å². The summed E-state index contributed by atoms with van der Waals surface area (Å²) >= 11 is 0. The smallest absolute Gasteiger partial charge is 0.240 e. The summed E-state index contributed by atoms with van der Waals surface area (Å²) in [6.07, 6.45) is 4.21. The van der Waals surface area contributed by atoms with E-state index in [-0.39, 0.29) is 21.3 Å². The number of anilines is 4. The quantitative estimate of drug-likeness (QED) is 0.321. The van der Waals surface area contributed by atoms with E-state index in [2.05, 4.69) is 30.3 Å². The number of aromatic nitrogens is 3. The maximum atomic E-state index is 12.2. The number of rotatable bonds is 7. The van der Waals surface area contributed by atoms with Crippen molar-refractivity contribution in [3.05, 3.63) is 61.1 Å². The second kappa shape index (κ2) is 8.22. The molecule has 0 bridgehead atoms. The highest BCUT2D eigenvalue weighted by Gasteiger charge is 2.19. The fourth-order valence-corrected chi connectivity index (χ4v) is 4.70. The van der Waals surface area contributed by atoms with E-state index in [1.165, 1.54) is 31.6 Å². The maximum Gasteiger partial charge on any atom is 0.240 e. The maximum absolute atomic E-state index is 12.2. The highest BCUT2D eigenvalue weighted by Crippen LogP contribution is 2.28. The SMILES string of the molecule is CNS(=O)(=O)c1ccc(S(C)(=O)=O)c(Nc2cc(Nc3ccc4cc[nH]c4c3)ncn2)c1. The van der Waals surface area contributed by atoms with Crippen molar-refractivity contribution in [2.24, 2.45) is 0 Å². The summed E-state index contributed by atoms with van der Waals surface area (Å²) in [6.45, 7) is 0. The van der Waals surface area contributed by atoms with Gasteiger partial charge in [-0.05, 0) is 48.8 Å². The molecule has 2 heterocycles. The summed E-state index contributed by atoms with van der Waals surface area (Å²) < 4.78 is 51.0. The van der Waals surface area contributed by atoms with Crippen LogP contribution in [-0.4, -0.2) is 45.1 Å². The first kappa shape index (κ1) is 21.7. The van der Waals surface area contributed by atoms with Crippen molar-refractivity contribution in [2.75, 3.05) is 23.9 Å². The second-order valence-corrected chi connectivity index (χ2v) is 10.8. The fourth-order valence-electron chi connectivity index (χ4n) is 3.12. The van der Waals surface area contributed by atoms with Gasteiger partial charge in [-0.3, -0.25) is 0 Å². The molecule has 0 saturated carbocycles. The van der Waals surface area contributed by atoms with Gasteiger partial charge in [-0.15, -0.1) is 0 Å². The summed E-state index contributed by atoms with van der Waals surface area (Å²) in [7, 11) is -6.13. The number of sulfonamides is 1. The molecule has 2 aromatic heterocycles. The molecular weight excluding hydrogens is 452 g/mol. The minimum Gasteiger partial charge on any atom is -0.361 e. The Morgan fingerprint density at radius 1 is 0.875 bits per heavy atom. The van der Waals surface area contributed by atoms with Crippen molar-refractivity contribution in [3.63, 3.8) is 0 Å². The van der Waals surface area contributed by atoms with E-state index in [0.717, 1.165) is 22.8 Å². The first-order valence-electron chi connectivity index (χ1n) is 9.37. The first-order valence-corrected chi connectivity index (χ1v) is 12.7. The molecule has 0 saturated heterocycles. The Labute approximate surface area is 185 Å². The molecular formula is C20H20N6O4S2. The van der Waals surface area contributed by atoms with Gasteiger partial charge in [0.05, 0.1) is 15.5 Å². The van der Waals surface area contributed by atoms with E-state index in [1.54, 1.807) is 6.07 Å². The minimum absolute atomic E-state index is 0.0575. The van der Waals surface area contributed by atoms with Crippen molar-refractivity contribution >= 4 is 53.8 Å². The molecule has 0 aliphatic heterocycles. The van der Waals surface area contributed by atoms with Crippen LogP contribution in [0.1, 0.15) is 0 Å². The molecule has 32 heavy (non-hydrogen) atoms. The van der Waals surface area contributed by atoms with E-state index < -0.39 is 19.9 Å². The predicted molar refractivity (Wildman–Crippen MR) is 123 cm³/mol. The number of fused-ring (bicyclic) bond motifs is 1. The largest absolute Gasteiger partial charge is 0.361 e. The first-order chi connectivity index (χ1) is 15.2. The number of nitrogens with zero attached hydrogens (tertiary/aromatic N) is 2. The molecule has 4 aromatic rings. The van der Waals surface area contributed by atoms with Gasteiger partial charge in [0.2, 0.25) is 10.0 Å². The molecule has 166 valence electrons. The monoisotopic (exact) mass is 472 g/mol. The molecule has 4 rings (SSSR count). The molecule has 12 heteroatoms. The average Bonchev–Trinajstić information content (AvgIpc) is 3.21. The van der Waals surface area contributed by atoms with Crippen LogP contribution < -0.4 is 15.4 Å². The topological polar surface area (TPSA) is 146 Å². The molecule has 0 atom stereocenters. The van der Waals surface area contributed by atoms with Gasteiger partial charge in [0.15, 0.2) is 9.84 Å². The van der Waals surface area contributed by atoms with Gasteiger partial charge in [0.25, 0.3) is 0 Å². The Bertz CT molecular complexity index is 1510. The number of H-pyrrole nitrogens is 1. The zero-order valence-electron chi connectivity index (χ0n) is 17.1. The van der Waals surface area contributed by atoms with Gasteiger partial charge in [-0.25, -0.2) is 31.5 Å². The average molecular weight is 473 g/mol. The summed E-state index contributed by atoms with van der Waals surface area (Å²) in [6, 6.07) is 13.1. The van der Waals surface area contributed by atoms with Gasteiger partial charge in [-0.2, -0.15) is 0 Å². The third-order valence-electron chi connectivity index (χ3n) is 4.69. The van der Waals surface area contributed by atoms with E-state index in [9.17, 15) is 16.8 Å². The number of hydrogen-bond acceptors (Lipinski definition) is 8. The molecule has 0 amide bonds. The van der Waals surface area contributed by atoms with Crippen LogP contribution in [0.5, 0.6) is 0 Å². The Morgan fingerprint density at radius 2 is 1.62 bits per heavy atom. The molecule has 0 aliphatic rings. The Kier molecular flexibility index (Phi) is 5.59. The lowest BCUT2D eigenvalue weighted by atomic mass is 10.2. The van der Waals surface area contributed by atoms with Crippen LogP contribution in [0.25, 0.3) is 10.9 Å². The number of sulfone groups is 1. The van der Waals surface area contributed by atoms with Crippen molar-refractivity contribution in [1.82, 2.24) is 19.7 Å². The standard InChI is InChI=1S/C20H20N6O4S2/c1-21-32(29,30)15-5-6-18(31(2,27)28)17(10-15)26-20-11-19(23-12-24-20)25-14-4-3-13-7-8-22-16(13)9-14/h3-12,21-22H,1-2H3,(H2,23,24,25,26). The third-order valence-corrected chi connectivity index (χ3v) is 7.25. The van der Waals surface area contributed by atoms with Crippen LogP contribution in [0.15, 0.2) is 70.8 Å². The zero-order chi connectivity index (χ0) is 22.9. The van der Waals surface area contributed by atoms with Crippen molar-refractivity contribution in [3.8, 4) is 0 Å². The second-order valence-electron chi connectivity index (χ2n) is 6.96. The zero-order valence-corrected chi connectivity index (χ0v) is 18.8. The van der Waals surface area contributed by atoms with Crippen LogP contribution in [0.3, 0.4) is 0 Å². The van der Waals surface area contributed by atoms with Crippen LogP contribution in [-0.2, 0) is 19.9 Å². The number of nitrogens with one attached hydrogen (secondary N) is 4.